The van der Waals surface area contributed by atoms with Gasteiger partial charge >= 0.3 is 0 Å². The van der Waals surface area contributed by atoms with E-state index in [0.29, 0.717) is 18.7 Å². The molecule has 1 heterocycles. The van der Waals surface area contributed by atoms with Gasteiger partial charge in [-0.25, -0.2) is 13.4 Å². The minimum atomic E-state index is -3.63. The molecule has 8 heteroatoms. The van der Waals surface area contributed by atoms with Crippen LogP contribution >= 0.6 is 11.3 Å². The first-order valence-corrected chi connectivity index (χ1v) is 12.5. The van der Waals surface area contributed by atoms with Gasteiger partial charge in [-0.15, -0.1) is 11.3 Å². The van der Waals surface area contributed by atoms with Crippen molar-refractivity contribution in [3.63, 3.8) is 0 Å². The van der Waals surface area contributed by atoms with Crippen molar-refractivity contribution < 1.29 is 13.2 Å². The zero-order valence-corrected chi connectivity index (χ0v) is 19.8. The van der Waals surface area contributed by atoms with Gasteiger partial charge in [0.05, 0.1) is 21.5 Å². The number of nitrogens with one attached hydrogen (secondary N) is 1. The third kappa shape index (κ3) is 5.03. The van der Waals surface area contributed by atoms with Crippen LogP contribution in [0, 0.1) is 6.92 Å². The maximum Gasteiger partial charge on any atom is 0.251 e. The number of nitrogens with zero attached hydrogens (tertiary/aromatic N) is 2. The van der Waals surface area contributed by atoms with Gasteiger partial charge in [-0.2, -0.15) is 4.31 Å². The predicted molar refractivity (Wildman–Crippen MR) is 125 cm³/mol. The lowest BCUT2D eigenvalue weighted by molar-refractivity contribution is 0.0940. The molecule has 6 nitrogen and oxygen atoms in total. The molecule has 31 heavy (non-hydrogen) atoms. The quantitative estimate of drug-likeness (QED) is 0.534. The van der Waals surface area contributed by atoms with Crippen LogP contribution in [0.4, 0.5) is 0 Å². The topological polar surface area (TPSA) is 79.4 Å². The van der Waals surface area contributed by atoms with Crippen molar-refractivity contribution in [2.45, 2.75) is 38.6 Å². The lowest BCUT2D eigenvalue weighted by Crippen LogP contribution is -2.31. The van der Waals surface area contributed by atoms with Crippen LogP contribution < -0.4 is 5.32 Å². The molecule has 1 unspecified atom stereocenters. The summed E-state index contributed by atoms with van der Waals surface area (Å²) in [5, 5.41) is 3.88. The second-order valence-electron chi connectivity index (χ2n) is 7.15. The minimum Gasteiger partial charge on any atom is -0.345 e. The average molecular weight is 458 g/mol. The molecule has 3 rings (SSSR count). The summed E-state index contributed by atoms with van der Waals surface area (Å²) in [5.41, 5.74) is 2.22. The summed E-state index contributed by atoms with van der Waals surface area (Å²) < 4.78 is 26.9. The van der Waals surface area contributed by atoms with Gasteiger partial charge in [-0.1, -0.05) is 50.2 Å². The molecule has 1 amide bonds. The van der Waals surface area contributed by atoms with Crippen LogP contribution in [-0.2, 0) is 10.0 Å². The normalized spacial score (nSPS) is 12.7. The Kier molecular flexibility index (Phi) is 7.25. The molecule has 3 aromatic rings. The Bertz CT molecular complexity index is 1150. The summed E-state index contributed by atoms with van der Waals surface area (Å²) in [6.07, 6.45) is 0. The number of hydrogen-bond acceptors (Lipinski definition) is 5. The van der Waals surface area contributed by atoms with Gasteiger partial charge in [0.1, 0.15) is 5.01 Å². The van der Waals surface area contributed by atoms with Gasteiger partial charge in [-0.05, 0) is 32.0 Å². The number of hydrogen-bond donors (Lipinski definition) is 1. The molecule has 1 aromatic heterocycles. The molecule has 0 aliphatic carbocycles. The van der Waals surface area contributed by atoms with E-state index in [-0.39, 0.29) is 16.8 Å². The minimum absolute atomic E-state index is 0.122. The summed E-state index contributed by atoms with van der Waals surface area (Å²) in [6.45, 7) is 8.17. The van der Waals surface area contributed by atoms with Gasteiger partial charge in [0.25, 0.3) is 5.91 Å². The van der Waals surface area contributed by atoms with Crippen LogP contribution in [0.1, 0.15) is 47.7 Å². The molecule has 0 saturated carbocycles. The first kappa shape index (κ1) is 23.1. The van der Waals surface area contributed by atoms with Crippen molar-refractivity contribution >= 4 is 27.3 Å². The van der Waals surface area contributed by atoms with E-state index in [4.69, 9.17) is 0 Å². The lowest BCUT2D eigenvalue weighted by Gasteiger charge is -2.19. The maximum absolute atomic E-state index is 12.9. The zero-order valence-electron chi connectivity index (χ0n) is 18.1. The third-order valence-corrected chi connectivity index (χ3v) is 8.47. The van der Waals surface area contributed by atoms with E-state index in [9.17, 15) is 13.2 Å². The van der Waals surface area contributed by atoms with Gasteiger partial charge < -0.3 is 5.32 Å². The summed E-state index contributed by atoms with van der Waals surface area (Å²) in [4.78, 5) is 18.6. The Balaban J connectivity index is 1.80. The van der Waals surface area contributed by atoms with Gasteiger partial charge in [0, 0.05) is 24.2 Å². The molecule has 164 valence electrons. The van der Waals surface area contributed by atoms with Crippen molar-refractivity contribution in [2.24, 2.45) is 0 Å². The number of sulfonamides is 1. The molecular weight excluding hydrogens is 430 g/mol. The number of thiazole rings is 1. The highest BCUT2D eigenvalue weighted by Crippen LogP contribution is 2.31. The van der Waals surface area contributed by atoms with Gasteiger partial charge in [0.15, 0.2) is 0 Å². The number of rotatable bonds is 8. The van der Waals surface area contributed by atoms with Crippen LogP contribution in [0.2, 0.25) is 0 Å². The average Bonchev–Trinajstić information content (AvgIpc) is 3.17. The number of benzene rings is 2. The Morgan fingerprint density at radius 3 is 2.42 bits per heavy atom. The number of amides is 1. The van der Waals surface area contributed by atoms with Crippen molar-refractivity contribution in [2.75, 3.05) is 13.1 Å². The van der Waals surface area contributed by atoms with Crippen molar-refractivity contribution in [3.05, 3.63) is 70.7 Å². The smallest absolute Gasteiger partial charge is 0.251 e. The molecule has 2 aromatic carbocycles. The van der Waals surface area contributed by atoms with E-state index in [1.165, 1.54) is 16.4 Å². The molecule has 0 spiro atoms. The molecule has 0 aliphatic rings. The molecule has 0 radical (unpaired) electrons. The van der Waals surface area contributed by atoms with E-state index in [1.54, 1.807) is 37.3 Å². The van der Waals surface area contributed by atoms with E-state index in [1.807, 2.05) is 44.2 Å². The summed E-state index contributed by atoms with van der Waals surface area (Å²) in [6, 6.07) is 15.8. The van der Waals surface area contributed by atoms with E-state index < -0.39 is 10.0 Å². The SMILES string of the molecule is CCN(CC)S(=O)(=O)c1cccc(C(=O)NC(C)c2sc(-c3ccccc3)nc2C)c1. The lowest BCUT2D eigenvalue weighted by atomic mass is 10.2. The molecule has 0 fully saturated rings. The predicted octanol–water partition coefficient (Wildman–Crippen LogP) is 4.64. The van der Waals surface area contributed by atoms with Crippen molar-refractivity contribution in [1.82, 2.24) is 14.6 Å². The largest absolute Gasteiger partial charge is 0.345 e. The van der Waals surface area contributed by atoms with Crippen molar-refractivity contribution in [3.8, 4) is 10.6 Å². The standard InChI is InChI=1S/C23H27N3O3S2/c1-5-26(6-2)31(28,29)20-14-10-13-19(15-20)22(27)24-16(3)21-17(4)25-23(30-21)18-11-8-7-9-12-18/h7-16H,5-6H2,1-4H3,(H,24,27). The van der Waals surface area contributed by atoms with E-state index in [2.05, 4.69) is 10.3 Å². The molecule has 0 aliphatic heterocycles. The van der Waals surface area contributed by atoms with E-state index >= 15 is 0 Å². The number of carbonyl (C=O) groups excluding carboxylic acids is 1. The fourth-order valence-corrected chi connectivity index (χ4v) is 5.95. The molecule has 0 bridgehead atoms. The molecule has 1 atom stereocenters. The van der Waals surface area contributed by atoms with Crippen LogP contribution in [0.5, 0.6) is 0 Å². The van der Waals surface area contributed by atoms with Crippen LogP contribution in [0.15, 0.2) is 59.5 Å². The van der Waals surface area contributed by atoms with Gasteiger partial charge in [0.2, 0.25) is 10.0 Å². The van der Waals surface area contributed by atoms with Crippen molar-refractivity contribution in [1.29, 1.82) is 0 Å². The maximum atomic E-state index is 12.9. The van der Waals surface area contributed by atoms with Gasteiger partial charge in [-0.3, -0.25) is 4.79 Å². The monoisotopic (exact) mass is 457 g/mol. The third-order valence-electron chi connectivity index (χ3n) is 5.03. The molecular formula is C23H27N3O3S2. The Morgan fingerprint density at radius 1 is 1.10 bits per heavy atom. The van der Waals surface area contributed by atoms with Crippen LogP contribution in [0.3, 0.4) is 0 Å². The van der Waals surface area contributed by atoms with E-state index in [0.717, 1.165) is 21.1 Å². The summed E-state index contributed by atoms with van der Waals surface area (Å²) >= 11 is 1.55. The first-order valence-electron chi connectivity index (χ1n) is 10.2. The fourth-order valence-electron chi connectivity index (χ4n) is 3.37. The number of aromatic nitrogens is 1. The highest BCUT2D eigenvalue weighted by atomic mass is 32.2. The zero-order chi connectivity index (χ0) is 22.6. The second-order valence-corrected chi connectivity index (χ2v) is 10.1. The Hall–Kier alpha value is -2.55. The number of carbonyl (C=O) groups is 1. The second kappa shape index (κ2) is 9.72. The Labute approximate surface area is 188 Å². The highest BCUT2D eigenvalue weighted by Gasteiger charge is 2.23. The molecule has 1 N–H and O–H groups in total. The Morgan fingerprint density at radius 2 is 1.77 bits per heavy atom. The fraction of sp³-hybridized carbons (Fsp3) is 0.304. The molecule has 0 saturated heterocycles. The van der Waals surface area contributed by atoms with Crippen LogP contribution in [-0.4, -0.2) is 36.7 Å². The van der Waals surface area contributed by atoms with Crippen LogP contribution in [0.25, 0.3) is 10.6 Å². The first-order chi connectivity index (χ1) is 14.8. The summed E-state index contributed by atoms with van der Waals surface area (Å²) in [5.74, 6) is -0.321. The summed E-state index contributed by atoms with van der Waals surface area (Å²) in [7, 11) is -3.63. The highest BCUT2D eigenvalue weighted by molar-refractivity contribution is 7.89. The number of aryl methyl sites for hydroxylation is 1.